The first-order valence-corrected chi connectivity index (χ1v) is 19.3. The van der Waals surface area contributed by atoms with Crippen molar-refractivity contribution >= 4 is 35.8 Å². The third-order valence-corrected chi connectivity index (χ3v) is 8.94. The second-order valence-corrected chi connectivity index (χ2v) is 14.4. The summed E-state index contributed by atoms with van der Waals surface area (Å²) in [5, 5.41) is 8.17. The molecule has 1 N–H and O–H groups in total. The summed E-state index contributed by atoms with van der Waals surface area (Å²) in [6.07, 6.45) is 4.82. The van der Waals surface area contributed by atoms with Crippen LogP contribution in [0, 0.1) is 5.82 Å². The fourth-order valence-electron chi connectivity index (χ4n) is 5.74. The van der Waals surface area contributed by atoms with E-state index < -0.39 is 5.82 Å². The lowest BCUT2D eigenvalue weighted by atomic mass is 10.1. The number of nitrogens with zero attached hydrogens (tertiary/aromatic N) is 6. The lowest BCUT2D eigenvalue weighted by Gasteiger charge is -2.13. The van der Waals surface area contributed by atoms with Crippen LogP contribution in [-0.4, -0.2) is 88.0 Å². The van der Waals surface area contributed by atoms with Crippen molar-refractivity contribution < 1.29 is 33.3 Å². The van der Waals surface area contributed by atoms with Gasteiger partial charge >= 0.3 is 0 Å². The molecule has 312 valence electrons. The van der Waals surface area contributed by atoms with Gasteiger partial charge in [0.2, 0.25) is 0 Å². The number of benzene rings is 4. The molecule has 59 heavy (non-hydrogen) atoms. The molecule has 0 saturated heterocycles. The molecule has 0 amide bonds. The molecule has 2 aromatic heterocycles. The highest BCUT2D eigenvalue weighted by molar-refractivity contribution is 6.31. The lowest BCUT2D eigenvalue weighted by Crippen LogP contribution is -2.14. The van der Waals surface area contributed by atoms with Crippen LogP contribution in [0.5, 0.6) is 28.7 Å². The highest BCUT2D eigenvalue weighted by atomic mass is 35.5. The van der Waals surface area contributed by atoms with Gasteiger partial charge in [-0.1, -0.05) is 23.2 Å². The van der Waals surface area contributed by atoms with E-state index in [9.17, 15) is 14.0 Å². The molecule has 0 unspecified atom stereocenters. The molecule has 6 rings (SSSR count). The molecular formula is C44H49Cl2FN6O6. The van der Waals surface area contributed by atoms with E-state index in [1.807, 2.05) is 103 Å². The molecule has 0 atom stereocenters. The predicted octanol–water partition coefficient (Wildman–Crippen LogP) is 9.35. The van der Waals surface area contributed by atoms with Gasteiger partial charge in [-0.25, -0.2) is 14.4 Å². The largest absolute Gasteiger partial charge is 0.493 e. The molecule has 0 aliphatic carbocycles. The van der Waals surface area contributed by atoms with Gasteiger partial charge in [-0.2, -0.15) is 0 Å². The Morgan fingerprint density at radius 3 is 1.46 bits per heavy atom. The SMILES string of the molecule is CCO.CCOc1cc(Cl)cc(Oc2ccc(-c3cnc(CN(C)C)n3C)cc2)c1C=O.CN(C)Cc1ncc(-c2ccc(Oc3cc(Cl)cc(F)c3C=O)cc2)n1C. The summed E-state index contributed by atoms with van der Waals surface area (Å²) in [6, 6.07) is 20.6. The molecule has 0 bridgehead atoms. The topological polar surface area (TPSA) is 124 Å². The van der Waals surface area contributed by atoms with Crippen LogP contribution in [0.1, 0.15) is 46.2 Å². The number of rotatable bonds is 14. The Morgan fingerprint density at radius 2 is 1.07 bits per heavy atom. The highest BCUT2D eigenvalue weighted by Crippen LogP contribution is 2.36. The number of carbonyl (C=O) groups excluding carboxylic acids is 2. The molecule has 4 aromatic carbocycles. The Hall–Kier alpha value is -5.57. The number of aldehydes is 2. The van der Waals surface area contributed by atoms with Gasteiger partial charge in [-0.15, -0.1) is 0 Å². The van der Waals surface area contributed by atoms with Crippen molar-refractivity contribution in [3.8, 4) is 51.3 Å². The summed E-state index contributed by atoms with van der Waals surface area (Å²) in [5.41, 5.74) is 4.15. The first kappa shape index (κ1) is 46.1. The van der Waals surface area contributed by atoms with Crippen LogP contribution >= 0.6 is 23.2 Å². The van der Waals surface area contributed by atoms with Gasteiger partial charge in [0, 0.05) is 54.0 Å². The van der Waals surface area contributed by atoms with Crippen molar-refractivity contribution in [2.45, 2.75) is 26.9 Å². The number of carbonyl (C=O) groups is 2. The van der Waals surface area contributed by atoms with Crippen molar-refractivity contribution in [3.05, 3.63) is 124 Å². The Labute approximate surface area is 354 Å². The number of imidazole rings is 2. The van der Waals surface area contributed by atoms with E-state index >= 15 is 0 Å². The average molecular weight is 848 g/mol. The predicted molar refractivity (Wildman–Crippen MR) is 230 cm³/mol. The van der Waals surface area contributed by atoms with Gasteiger partial charge in [-0.05, 0) is 103 Å². The molecule has 0 radical (unpaired) electrons. The smallest absolute Gasteiger partial charge is 0.157 e. The summed E-state index contributed by atoms with van der Waals surface area (Å²) in [5.74, 6) is 3.14. The molecular weight excluding hydrogens is 798 g/mol. The maximum atomic E-state index is 13.8. The third kappa shape index (κ3) is 12.5. The molecule has 6 aromatic rings. The Kier molecular flexibility index (Phi) is 17.2. The third-order valence-electron chi connectivity index (χ3n) is 8.50. The normalized spacial score (nSPS) is 10.7. The maximum Gasteiger partial charge on any atom is 0.157 e. The van der Waals surface area contributed by atoms with Gasteiger partial charge in [0.25, 0.3) is 0 Å². The van der Waals surface area contributed by atoms with E-state index in [1.54, 1.807) is 31.2 Å². The first-order valence-electron chi connectivity index (χ1n) is 18.6. The summed E-state index contributed by atoms with van der Waals surface area (Å²) < 4.78 is 35.0. The summed E-state index contributed by atoms with van der Waals surface area (Å²) in [6.45, 7) is 5.71. The number of hydrogen-bond donors (Lipinski definition) is 1. The number of aliphatic hydroxyl groups is 1. The van der Waals surface area contributed by atoms with Crippen LogP contribution in [0.4, 0.5) is 4.39 Å². The second-order valence-electron chi connectivity index (χ2n) is 13.6. The van der Waals surface area contributed by atoms with Gasteiger partial charge in [-0.3, -0.25) is 9.59 Å². The fraction of sp³-hybridized carbons (Fsp3) is 0.273. The van der Waals surface area contributed by atoms with E-state index in [0.29, 0.717) is 52.8 Å². The quantitative estimate of drug-likeness (QED) is 0.106. The Morgan fingerprint density at radius 1 is 0.678 bits per heavy atom. The highest BCUT2D eigenvalue weighted by Gasteiger charge is 2.16. The fourth-order valence-corrected chi connectivity index (χ4v) is 6.13. The number of ether oxygens (including phenoxy) is 3. The minimum absolute atomic E-state index is 0.0801. The molecule has 0 aliphatic rings. The minimum atomic E-state index is -0.715. The van der Waals surface area contributed by atoms with E-state index in [4.69, 9.17) is 42.5 Å². The van der Waals surface area contributed by atoms with Gasteiger partial charge in [0.1, 0.15) is 46.2 Å². The van der Waals surface area contributed by atoms with E-state index in [2.05, 4.69) is 24.3 Å². The zero-order valence-electron chi connectivity index (χ0n) is 34.4. The van der Waals surface area contributed by atoms with Crippen molar-refractivity contribution in [1.29, 1.82) is 0 Å². The molecule has 2 heterocycles. The molecule has 0 saturated carbocycles. The van der Waals surface area contributed by atoms with Crippen molar-refractivity contribution in [1.82, 2.24) is 28.9 Å². The van der Waals surface area contributed by atoms with E-state index in [0.717, 1.165) is 53.3 Å². The number of halogens is 3. The first-order chi connectivity index (χ1) is 28.2. The van der Waals surface area contributed by atoms with Gasteiger partial charge in [0.15, 0.2) is 12.6 Å². The van der Waals surface area contributed by atoms with Crippen molar-refractivity contribution in [2.24, 2.45) is 14.1 Å². The van der Waals surface area contributed by atoms with Crippen LogP contribution in [0.15, 0.2) is 85.2 Å². The van der Waals surface area contributed by atoms with Crippen molar-refractivity contribution in [3.63, 3.8) is 0 Å². The van der Waals surface area contributed by atoms with Crippen LogP contribution < -0.4 is 14.2 Å². The van der Waals surface area contributed by atoms with Gasteiger partial charge < -0.3 is 38.3 Å². The van der Waals surface area contributed by atoms with Gasteiger partial charge in [0.05, 0.1) is 54.6 Å². The molecule has 0 aliphatic heterocycles. The lowest BCUT2D eigenvalue weighted by molar-refractivity contribution is 0.110. The maximum absolute atomic E-state index is 13.8. The minimum Gasteiger partial charge on any atom is -0.493 e. The van der Waals surface area contributed by atoms with Crippen molar-refractivity contribution in [2.75, 3.05) is 41.4 Å². The average Bonchev–Trinajstić information content (AvgIpc) is 3.72. The Balaban J connectivity index is 0.000000245. The molecule has 12 nitrogen and oxygen atoms in total. The van der Waals surface area contributed by atoms with E-state index in [1.165, 1.54) is 6.07 Å². The number of aliphatic hydroxyl groups excluding tert-OH is 1. The Bertz CT molecular complexity index is 2310. The second kappa shape index (κ2) is 22.0. The summed E-state index contributed by atoms with van der Waals surface area (Å²) >= 11 is 12.0. The monoisotopic (exact) mass is 846 g/mol. The molecule has 0 spiro atoms. The summed E-state index contributed by atoms with van der Waals surface area (Å²) in [4.78, 5) is 35.8. The van der Waals surface area contributed by atoms with E-state index in [-0.39, 0.29) is 22.9 Å². The van der Waals surface area contributed by atoms with Crippen LogP contribution in [0.3, 0.4) is 0 Å². The number of aromatic nitrogens is 4. The molecule has 15 heteroatoms. The van der Waals surface area contributed by atoms with Crippen LogP contribution in [-0.2, 0) is 27.2 Å². The zero-order chi connectivity index (χ0) is 43.2. The van der Waals surface area contributed by atoms with Crippen LogP contribution in [0.25, 0.3) is 22.5 Å². The zero-order valence-corrected chi connectivity index (χ0v) is 35.9. The number of hydrogen-bond acceptors (Lipinski definition) is 10. The molecule has 0 fully saturated rings. The summed E-state index contributed by atoms with van der Waals surface area (Å²) in [7, 11) is 12.0. The van der Waals surface area contributed by atoms with Crippen LogP contribution in [0.2, 0.25) is 10.0 Å². The standard InChI is InChI=1S/C22H24ClN3O3.C20H19ClFN3O2.C2H6O/c1-5-28-20-10-16(23)11-21(18(20)14-27)29-17-8-6-15(7-9-17)19-12-24-22(26(19)4)13-25(2)3;1-24(2)11-20-23-10-18(25(20)3)13-4-6-15(7-5-13)27-19-9-14(21)8-17(22)16(19)12-26;1-2-3/h6-12,14H,5,13H2,1-4H3;4-10,12H,11H2,1-3H3;3H,2H2,1H3.